The van der Waals surface area contributed by atoms with Crippen LogP contribution in [0.1, 0.15) is 11.5 Å². The minimum Gasteiger partial charge on any atom is -0.497 e. The van der Waals surface area contributed by atoms with Crippen LogP contribution in [-0.4, -0.2) is 23.0 Å². The lowest BCUT2D eigenvalue weighted by atomic mass is 10.2. The average molecular weight is 379 g/mol. The first kappa shape index (κ1) is 17.6. The summed E-state index contributed by atoms with van der Waals surface area (Å²) in [4.78, 5) is 30.6. The Hall–Kier alpha value is -3.81. The predicted octanol–water partition coefficient (Wildman–Crippen LogP) is 3.27. The largest absolute Gasteiger partial charge is 0.497 e. The van der Waals surface area contributed by atoms with Gasteiger partial charge in [-0.05, 0) is 49.4 Å². The number of carbonyl (C=O) groups is 1. The number of aromatic nitrogens is 2. The second kappa shape index (κ2) is 7.07. The van der Waals surface area contributed by atoms with E-state index in [2.05, 4.69) is 15.3 Å². The number of ether oxygens (including phenoxy) is 1. The van der Waals surface area contributed by atoms with Crippen LogP contribution in [0.15, 0.2) is 56.1 Å². The van der Waals surface area contributed by atoms with Gasteiger partial charge in [-0.3, -0.25) is 9.78 Å². The molecule has 8 heteroatoms. The maximum atomic E-state index is 12.4. The van der Waals surface area contributed by atoms with Crippen molar-refractivity contribution < 1.29 is 18.4 Å². The van der Waals surface area contributed by atoms with Gasteiger partial charge >= 0.3 is 5.76 Å². The van der Waals surface area contributed by atoms with Crippen LogP contribution in [0.25, 0.3) is 22.6 Å². The number of nitrogens with one attached hydrogen (secondary N) is 2. The highest BCUT2D eigenvalue weighted by molar-refractivity contribution is 5.94. The number of fused-ring (bicyclic) bond motifs is 1. The lowest BCUT2D eigenvalue weighted by Crippen LogP contribution is -2.15. The van der Waals surface area contributed by atoms with Crippen LogP contribution in [-0.2, 0) is 11.2 Å². The first-order valence-corrected chi connectivity index (χ1v) is 8.55. The van der Waals surface area contributed by atoms with E-state index in [1.807, 2.05) is 24.3 Å². The van der Waals surface area contributed by atoms with Gasteiger partial charge in [-0.2, -0.15) is 0 Å². The molecule has 0 spiro atoms. The Labute approximate surface area is 159 Å². The molecule has 0 saturated carbocycles. The van der Waals surface area contributed by atoms with Crippen molar-refractivity contribution in [2.24, 2.45) is 0 Å². The number of anilines is 1. The number of rotatable bonds is 5. The molecule has 4 aromatic rings. The predicted molar refractivity (Wildman–Crippen MR) is 102 cm³/mol. The molecular weight excluding hydrogens is 362 g/mol. The maximum absolute atomic E-state index is 12.4. The molecule has 28 heavy (non-hydrogen) atoms. The summed E-state index contributed by atoms with van der Waals surface area (Å²) in [5.74, 6) is 0.976. The van der Waals surface area contributed by atoms with Crippen LogP contribution in [0.4, 0.5) is 5.69 Å². The SMILES string of the molecule is COc1ccc(-c2nc(CC(=O)Nc3ccc4oc(=O)[nH]c4c3)c(C)o2)cc1. The summed E-state index contributed by atoms with van der Waals surface area (Å²) in [5, 5.41) is 2.78. The quantitative estimate of drug-likeness (QED) is 0.551. The van der Waals surface area contributed by atoms with E-state index in [9.17, 15) is 9.59 Å². The third-order valence-corrected chi connectivity index (χ3v) is 4.26. The van der Waals surface area contributed by atoms with Crippen molar-refractivity contribution in [1.82, 2.24) is 9.97 Å². The van der Waals surface area contributed by atoms with Crippen LogP contribution in [0.5, 0.6) is 5.75 Å². The van der Waals surface area contributed by atoms with Gasteiger partial charge in [0, 0.05) is 11.3 Å². The van der Waals surface area contributed by atoms with Crippen LogP contribution >= 0.6 is 0 Å². The highest BCUT2D eigenvalue weighted by atomic mass is 16.5. The highest BCUT2D eigenvalue weighted by Crippen LogP contribution is 2.24. The van der Waals surface area contributed by atoms with Gasteiger partial charge in [0.25, 0.3) is 0 Å². The smallest absolute Gasteiger partial charge is 0.417 e. The first-order chi connectivity index (χ1) is 13.5. The second-order valence-electron chi connectivity index (χ2n) is 6.20. The summed E-state index contributed by atoms with van der Waals surface area (Å²) in [6.07, 6.45) is 0.0609. The third-order valence-electron chi connectivity index (χ3n) is 4.26. The number of nitrogens with zero attached hydrogens (tertiary/aromatic N) is 1. The monoisotopic (exact) mass is 379 g/mol. The molecule has 8 nitrogen and oxygen atoms in total. The molecular formula is C20H17N3O5. The van der Waals surface area contributed by atoms with Crippen molar-refractivity contribution in [3.8, 4) is 17.2 Å². The van der Waals surface area contributed by atoms with E-state index in [1.54, 1.807) is 32.2 Å². The Morgan fingerprint density at radius 2 is 1.96 bits per heavy atom. The molecule has 4 rings (SSSR count). The standard InChI is InChI=1S/C20H17N3O5/c1-11-15(22-19(27-11)12-3-6-14(26-2)7-4-12)10-18(24)21-13-5-8-17-16(9-13)23-20(25)28-17/h3-9H,10H2,1-2H3,(H,21,24)(H,23,25). The van der Waals surface area contributed by atoms with Crippen LogP contribution < -0.4 is 15.8 Å². The van der Waals surface area contributed by atoms with Gasteiger partial charge in [0.1, 0.15) is 11.5 Å². The number of hydrogen-bond acceptors (Lipinski definition) is 6. The van der Waals surface area contributed by atoms with E-state index >= 15 is 0 Å². The van der Waals surface area contributed by atoms with Gasteiger partial charge in [0.05, 0.1) is 24.7 Å². The fourth-order valence-electron chi connectivity index (χ4n) is 2.84. The molecule has 2 heterocycles. The van der Waals surface area contributed by atoms with E-state index in [0.29, 0.717) is 34.1 Å². The third kappa shape index (κ3) is 3.52. The van der Waals surface area contributed by atoms with Crippen LogP contribution in [0.2, 0.25) is 0 Å². The Bertz CT molecular complexity index is 1200. The number of oxazole rings is 2. The first-order valence-electron chi connectivity index (χ1n) is 8.55. The van der Waals surface area contributed by atoms with E-state index in [4.69, 9.17) is 13.6 Å². The van der Waals surface area contributed by atoms with Crippen molar-refractivity contribution in [1.29, 1.82) is 0 Å². The minimum absolute atomic E-state index is 0.0609. The van der Waals surface area contributed by atoms with E-state index < -0.39 is 5.76 Å². The summed E-state index contributed by atoms with van der Waals surface area (Å²) < 4.78 is 15.8. The molecule has 2 aromatic carbocycles. The molecule has 0 unspecified atom stereocenters. The number of aryl methyl sites for hydroxylation is 1. The number of H-pyrrole nitrogens is 1. The Morgan fingerprint density at radius 3 is 2.71 bits per heavy atom. The Morgan fingerprint density at radius 1 is 1.18 bits per heavy atom. The number of aromatic amines is 1. The molecule has 0 bridgehead atoms. The Balaban J connectivity index is 1.49. The van der Waals surface area contributed by atoms with Crippen molar-refractivity contribution in [3.05, 3.63) is 64.5 Å². The lowest BCUT2D eigenvalue weighted by Gasteiger charge is -2.03. The van der Waals surface area contributed by atoms with Crippen molar-refractivity contribution in [3.63, 3.8) is 0 Å². The molecule has 0 aliphatic heterocycles. The summed E-state index contributed by atoms with van der Waals surface area (Å²) in [6.45, 7) is 1.77. The summed E-state index contributed by atoms with van der Waals surface area (Å²) in [5.41, 5.74) is 2.85. The number of methoxy groups -OCH3 is 1. The van der Waals surface area contributed by atoms with Crippen molar-refractivity contribution in [2.45, 2.75) is 13.3 Å². The molecule has 0 atom stereocenters. The van der Waals surface area contributed by atoms with Gasteiger partial charge in [0.2, 0.25) is 11.8 Å². The van der Waals surface area contributed by atoms with Crippen LogP contribution in [0.3, 0.4) is 0 Å². The molecule has 0 aliphatic rings. The second-order valence-corrected chi connectivity index (χ2v) is 6.20. The molecule has 0 aliphatic carbocycles. The zero-order valence-corrected chi connectivity index (χ0v) is 15.2. The molecule has 0 radical (unpaired) electrons. The molecule has 142 valence electrons. The van der Waals surface area contributed by atoms with Crippen molar-refractivity contribution >= 4 is 22.7 Å². The summed E-state index contributed by atoms with van der Waals surface area (Å²) >= 11 is 0. The van der Waals surface area contributed by atoms with Gasteiger partial charge in [-0.1, -0.05) is 0 Å². The number of amides is 1. The highest BCUT2D eigenvalue weighted by Gasteiger charge is 2.15. The average Bonchev–Trinajstić information content (AvgIpc) is 3.23. The van der Waals surface area contributed by atoms with Crippen molar-refractivity contribution in [2.75, 3.05) is 12.4 Å². The van der Waals surface area contributed by atoms with E-state index in [0.717, 1.165) is 11.3 Å². The molecule has 2 aromatic heterocycles. The van der Waals surface area contributed by atoms with E-state index in [-0.39, 0.29) is 12.3 Å². The number of hydrogen-bond donors (Lipinski definition) is 2. The zero-order chi connectivity index (χ0) is 19.7. The maximum Gasteiger partial charge on any atom is 0.417 e. The topological polar surface area (TPSA) is 110 Å². The van der Waals surface area contributed by atoms with E-state index in [1.165, 1.54) is 0 Å². The fourth-order valence-corrected chi connectivity index (χ4v) is 2.84. The minimum atomic E-state index is -0.539. The lowest BCUT2D eigenvalue weighted by molar-refractivity contribution is -0.115. The van der Waals surface area contributed by atoms with Gasteiger partial charge in [-0.15, -0.1) is 0 Å². The normalized spacial score (nSPS) is 10.9. The zero-order valence-electron chi connectivity index (χ0n) is 15.2. The number of carbonyl (C=O) groups excluding carboxylic acids is 1. The Kier molecular flexibility index (Phi) is 4.44. The summed E-state index contributed by atoms with van der Waals surface area (Å²) in [7, 11) is 1.60. The van der Waals surface area contributed by atoms with Gasteiger partial charge < -0.3 is 18.9 Å². The van der Waals surface area contributed by atoms with Crippen LogP contribution in [0, 0.1) is 6.92 Å². The molecule has 1 amide bonds. The molecule has 0 fully saturated rings. The molecule has 0 saturated heterocycles. The molecule has 2 N–H and O–H groups in total. The van der Waals surface area contributed by atoms with Gasteiger partial charge in [-0.25, -0.2) is 9.78 Å². The summed E-state index contributed by atoms with van der Waals surface area (Å²) in [6, 6.07) is 12.2. The van der Waals surface area contributed by atoms with Gasteiger partial charge in [0.15, 0.2) is 5.58 Å². The fraction of sp³-hybridized carbons (Fsp3) is 0.150. The number of benzene rings is 2.